The van der Waals surface area contributed by atoms with Gasteiger partial charge in [0.2, 0.25) is 5.91 Å². The SMILES string of the molecule is CC(Sc1nnc2n1CCCCC2)C(=O)Nc1cccc2ccccc12. The molecule has 1 atom stereocenters. The van der Waals surface area contributed by atoms with Crippen molar-refractivity contribution in [3.05, 3.63) is 48.3 Å². The zero-order valence-electron chi connectivity index (χ0n) is 14.8. The lowest BCUT2D eigenvalue weighted by Gasteiger charge is -2.14. The molecule has 1 N–H and O–H groups in total. The Morgan fingerprint density at radius 3 is 2.88 bits per heavy atom. The number of carbonyl (C=O) groups is 1. The maximum Gasteiger partial charge on any atom is 0.237 e. The number of aromatic nitrogens is 3. The van der Waals surface area contributed by atoms with Crippen molar-refractivity contribution in [2.45, 2.75) is 49.6 Å². The predicted octanol–water partition coefficient (Wildman–Crippen LogP) is 4.28. The van der Waals surface area contributed by atoms with E-state index in [-0.39, 0.29) is 11.2 Å². The van der Waals surface area contributed by atoms with Gasteiger partial charge in [-0.15, -0.1) is 10.2 Å². The molecule has 2 aromatic carbocycles. The quantitative estimate of drug-likeness (QED) is 0.700. The fourth-order valence-electron chi connectivity index (χ4n) is 3.33. The third-order valence-electron chi connectivity index (χ3n) is 4.77. The van der Waals surface area contributed by atoms with Crippen molar-refractivity contribution in [2.24, 2.45) is 0 Å². The number of aryl methyl sites for hydroxylation is 1. The van der Waals surface area contributed by atoms with Gasteiger partial charge in [-0.25, -0.2) is 0 Å². The molecule has 4 rings (SSSR count). The fourth-order valence-corrected chi connectivity index (χ4v) is 4.22. The Morgan fingerprint density at radius 1 is 1.12 bits per heavy atom. The van der Waals surface area contributed by atoms with E-state index < -0.39 is 0 Å². The molecule has 0 radical (unpaired) electrons. The molecule has 0 aliphatic carbocycles. The number of thioether (sulfide) groups is 1. The third-order valence-corrected chi connectivity index (χ3v) is 5.85. The van der Waals surface area contributed by atoms with Crippen LogP contribution >= 0.6 is 11.8 Å². The maximum atomic E-state index is 12.7. The van der Waals surface area contributed by atoms with Gasteiger partial charge >= 0.3 is 0 Å². The van der Waals surface area contributed by atoms with Gasteiger partial charge in [0, 0.05) is 24.0 Å². The first kappa shape index (κ1) is 17.1. The van der Waals surface area contributed by atoms with Gasteiger partial charge in [0.25, 0.3) is 0 Å². The normalized spacial score (nSPS) is 15.3. The number of fused-ring (bicyclic) bond motifs is 2. The minimum Gasteiger partial charge on any atom is -0.325 e. The molecule has 3 aromatic rings. The maximum absolute atomic E-state index is 12.7. The molecule has 1 aromatic heterocycles. The van der Waals surface area contributed by atoms with Crippen LogP contribution in [0.5, 0.6) is 0 Å². The summed E-state index contributed by atoms with van der Waals surface area (Å²) in [6.07, 6.45) is 4.52. The zero-order valence-corrected chi connectivity index (χ0v) is 15.6. The van der Waals surface area contributed by atoms with Crippen molar-refractivity contribution >= 4 is 34.1 Å². The van der Waals surface area contributed by atoms with Crippen molar-refractivity contribution < 1.29 is 4.79 Å². The standard InChI is InChI=1S/C20H22N4OS/c1-14(26-20-23-22-18-12-3-2-6-13-24(18)20)19(25)21-17-11-7-9-15-8-4-5-10-16(15)17/h4-5,7-11,14H,2-3,6,12-13H2,1H3,(H,21,25). The molecule has 26 heavy (non-hydrogen) atoms. The summed E-state index contributed by atoms with van der Waals surface area (Å²) in [5.74, 6) is 1.03. The largest absolute Gasteiger partial charge is 0.325 e. The first-order chi connectivity index (χ1) is 12.7. The Hall–Kier alpha value is -2.34. The Morgan fingerprint density at radius 2 is 1.96 bits per heavy atom. The summed E-state index contributed by atoms with van der Waals surface area (Å²) in [4.78, 5) is 12.7. The van der Waals surface area contributed by atoms with Crippen LogP contribution in [-0.2, 0) is 17.8 Å². The second-order valence-electron chi connectivity index (χ2n) is 6.64. The lowest BCUT2D eigenvalue weighted by Crippen LogP contribution is -2.23. The molecule has 2 heterocycles. The summed E-state index contributed by atoms with van der Waals surface area (Å²) in [7, 11) is 0. The van der Waals surface area contributed by atoms with E-state index >= 15 is 0 Å². The molecule has 6 heteroatoms. The zero-order chi connectivity index (χ0) is 17.9. The van der Waals surface area contributed by atoms with E-state index in [2.05, 4.69) is 32.2 Å². The Kier molecular flexibility index (Phi) is 4.93. The van der Waals surface area contributed by atoms with Crippen LogP contribution in [-0.4, -0.2) is 25.9 Å². The molecular formula is C20H22N4OS. The van der Waals surface area contributed by atoms with Gasteiger partial charge in [-0.2, -0.15) is 0 Å². The Bertz CT molecular complexity index is 931. The van der Waals surface area contributed by atoms with Crippen LogP contribution in [0.25, 0.3) is 10.8 Å². The number of hydrogen-bond acceptors (Lipinski definition) is 4. The molecule has 0 spiro atoms. The predicted molar refractivity (Wildman–Crippen MR) is 105 cm³/mol. The number of nitrogens with zero attached hydrogens (tertiary/aromatic N) is 3. The minimum atomic E-state index is -0.245. The second-order valence-corrected chi connectivity index (χ2v) is 7.95. The number of carbonyl (C=O) groups excluding carboxylic acids is 1. The summed E-state index contributed by atoms with van der Waals surface area (Å²) >= 11 is 1.48. The number of nitrogens with one attached hydrogen (secondary N) is 1. The Balaban J connectivity index is 1.49. The monoisotopic (exact) mass is 366 g/mol. The molecular weight excluding hydrogens is 344 g/mol. The average molecular weight is 366 g/mol. The van der Waals surface area contributed by atoms with Gasteiger partial charge in [0.15, 0.2) is 5.16 Å². The van der Waals surface area contributed by atoms with E-state index in [9.17, 15) is 4.79 Å². The van der Waals surface area contributed by atoms with Gasteiger partial charge in [-0.05, 0) is 31.2 Å². The van der Waals surface area contributed by atoms with Crippen LogP contribution in [0.1, 0.15) is 32.0 Å². The number of hydrogen-bond donors (Lipinski definition) is 1. The molecule has 1 aliphatic heterocycles. The van der Waals surface area contributed by atoms with Crippen LogP contribution in [0.3, 0.4) is 0 Å². The molecule has 134 valence electrons. The first-order valence-corrected chi connectivity index (χ1v) is 9.98. The number of amides is 1. The summed E-state index contributed by atoms with van der Waals surface area (Å²) < 4.78 is 2.18. The van der Waals surface area contributed by atoms with Crippen molar-refractivity contribution in [1.29, 1.82) is 0 Å². The van der Waals surface area contributed by atoms with Crippen molar-refractivity contribution in [2.75, 3.05) is 5.32 Å². The van der Waals surface area contributed by atoms with E-state index in [4.69, 9.17) is 0 Å². The lowest BCUT2D eigenvalue weighted by atomic mass is 10.1. The van der Waals surface area contributed by atoms with Gasteiger partial charge < -0.3 is 9.88 Å². The highest BCUT2D eigenvalue weighted by molar-refractivity contribution is 8.00. The summed E-state index contributed by atoms with van der Waals surface area (Å²) in [6, 6.07) is 14.0. The summed E-state index contributed by atoms with van der Waals surface area (Å²) in [5.41, 5.74) is 0.848. The smallest absolute Gasteiger partial charge is 0.237 e. The molecule has 0 saturated carbocycles. The molecule has 0 bridgehead atoms. The number of anilines is 1. The van der Waals surface area contributed by atoms with Gasteiger partial charge in [-0.3, -0.25) is 4.79 Å². The average Bonchev–Trinajstić information content (AvgIpc) is 2.88. The molecule has 0 fully saturated rings. The summed E-state index contributed by atoms with van der Waals surface area (Å²) in [6.45, 7) is 2.87. The van der Waals surface area contributed by atoms with Crippen LogP contribution in [0.2, 0.25) is 0 Å². The lowest BCUT2D eigenvalue weighted by molar-refractivity contribution is -0.115. The van der Waals surface area contributed by atoms with Crippen LogP contribution in [0.15, 0.2) is 47.6 Å². The molecule has 1 unspecified atom stereocenters. The van der Waals surface area contributed by atoms with E-state index in [1.54, 1.807) is 0 Å². The van der Waals surface area contributed by atoms with Crippen LogP contribution in [0, 0.1) is 0 Å². The van der Waals surface area contributed by atoms with E-state index in [0.29, 0.717) is 0 Å². The second kappa shape index (κ2) is 7.50. The third kappa shape index (κ3) is 3.46. The van der Waals surface area contributed by atoms with Crippen molar-refractivity contribution in [3.8, 4) is 0 Å². The number of benzene rings is 2. The Labute approximate surface area is 157 Å². The molecule has 0 saturated heterocycles. The minimum absolute atomic E-state index is 0.0164. The fraction of sp³-hybridized carbons (Fsp3) is 0.350. The van der Waals surface area contributed by atoms with Crippen LogP contribution in [0.4, 0.5) is 5.69 Å². The van der Waals surface area contributed by atoms with Crippen LogP contribution < -0.4 is 5.32 Å². The first-order valence-electron chi connectivity index (χ1n) is 9.10. The highest BCUT2D eigenvalue weighted by atomic mass is 32.2. The molecule has 1 aliphatic rings. The molecule has 5 nitrogen and oxygen atoms in total. The van der Waals surface area contributed by atoms with E-state index in [0.717, 1.165) is 46.8 Å². The van der Waals surface area contributed by atoms with Gasteiger partial charge in [-0.1, -0.05) is 54.6 Å². The molecule has 1 amide bonds. The number of rotatable bonds is 4. The van der Waals surface area contributed by atoms with Gasteiger partial charge in [0.1, 0.15) is 5.82 Å². The highest BCUT2D eigenvalue weighted by Crippen LogP contribution is 2.27. The highest BCUT2D eigenvalue weighted by Gasteiger charge is 2.21. The topological polar surface area (TPSA) is 59.8 Å². The van der Waals surface area contributed by atoms with Crippen molar-refractivity contribution in [3.63, 3.8) is 0 Å². The van der Waals surface area contributed by atoms with E-state index in [1.807, 2.05) is 37.3 Å². The van der Waals surface area contributed by atoms with Gasteiger partial charge in [0.05, 0.1) is 5.25 Å². The summed E-state index contributed by atoms with van der Waals surface area (Å²) in [5, 5.41) is 14.5. The van der Waals surface area contributed by atoms with E-state index in [1.165, 1.54) is 24.6 Å². The van der Waals surface area contributed by atoms with Crippen molar-refractivity contribution in [1.82, 2.24) is 14.8 Å².